The van der Waals surface area contributed by atoms with Gasteiger partial charge in [-0.25, -0.2) is 0 Å². The van der Waals surface area contributed by atoms with Gasteiger partial charge in [0, 0.05) is 13.1 Å². The van der Waals surface area contributed by atoms with Crippen LogP contribution in [0.2, 0.25) is 0 Å². The Hall–Kier alpha value is -1.37. The first-order valence-corrected chi connectivity index (χ1v) is 6.17. The Labute approximate surface area is 109 Å². The summed E-state index contributed by atoms with van der Waals surface area (Å²) in [6, 6.07) is 0. The molecule has 19 heavy (non-hydrogen) atoms. The number of likely N-dealkylation sites (N-methyl/N-ethyl adjacent to an activating group) is 1. The van der Waals surface area contributed by atoms with Crippen LogP contribution in [-0.4, -0.2) is 36.1 Å². The molecule has 1 N–H and O–H groups in total. The molecule has 0 atom stereocenters. The third-order valence-electron chi connectivity index (χ3n) is 2.71. The van der Waals surface area contributed by atoms with E-state index in [9.17, 15) is 17.6 Å². The van der Waals surface area contributed by atoms with Gasteiger partial charge in [-0.3, -0.25) is 0 Å². The van der Waals surface area contributed by atoms with Crippen molar-refractivity contribution in [3.05, 3.63) is 23.5 Å². The molecule has 1 heterocycles. The largest absolute Gasteiger partial charge is 0.379 e. The predicted molar refractivity (Wildman–Crippen MR) is 65.0 cm³/mol. The van der Waals surface area contributed by atoms with Crippen molar-refractivity contribution in [2.75, 3.05) is 31.5 Å². The minimum Gasteiger partial charge on any atom is -0.379 e. The summed E-state index contributed by atoms with van der Waals surface area (Å²) >= 11 is 0. The molecule has 0 unspecified atom stereocenters. The average molecular weight is 279 g/mol. The van der Waals surface area contributed by atoms with E-state index in [0.717, 1.165) is 19.5 Å². The van der Waals surface area contributed by atoms with Gasteiger partial charge in [-0.05, 0) is 19.5 Å². The van der Waals surface area contributed by atoms with Crippen molar-refractivity contribution < 1.29 is 17.6 Å². The molecule has 1 aromatic heterocycles. The molecule has 0 saturated carbocycles. The second-order valence-electron chi connectivity index (χ2n) is 4.06. The molecule has 0 saturated heterocycles. The molecular weight excluding hydrogens is 262 g/mol. The van der Waals surface area contributed by atoms with Crippen molar-refractivity contribution in [1.29, 1.82) is 0 Å². The van der Waals surface area contributed by atoms with Gasteiger partial charge in [0.2, 0.25) is 11.6 Å². The monoisotopic (exact) mass is 279 g/mol. The first-order chi connectivity index (χ1) is 9.01. The number of halogens is 4. The number of anilines is 1. The molecule has 3 nitrogen and oxygen atoms in total. The molecule has 7 heteroatoms. The molecular formula is C12H17F4N3. The smallest absolute Gasteiger partial charge is 0.253 e. The van der Waals surface area contributed by atoms with E-state index in [0.29, 0.717) is 6.54 Å². The zero-order valence-electron chi connectivity index (χ0n) is 10.9. The minimum absolute atomic E-state index is 0.185. The lowest BCUT2D eigenvalue weighted by Crippen LogP contribution is -2.30. The summed E-state index contributed by atoms with van der Waals surface area (Å²) in [5, 5.41) is 2.37. The highest BCUT2D eigenvalue weighted by Crippen LogP contribution is 2.21. The van der Waals surface area contributed by atoms with Crippen LogP contribution in [0.25, 0.3) is 0 Å². The lowest BCUT2D eigenvalue weighted by molar-refractivity contribution is 0.299. The summed E-state index contributed by atoms with van der Waals surface area (Å²) in [5.74, 6) is -6.31. The molecule has 1 aromatic rings. The van der Waals surface area contributed by atoms with Gasteiger partial charge in [0.05, 0.1) is 0 Å². The summed E-state index contributed by atoms with van der Waals surface area (Å²) in [4.78, 5) is 4.54. The van der Waals surface area contributed by atoms with E-state index >= 15 is 0 Å². The lowest BCUT2D eigenvalue weighted by atomic mass is 10.3. The Morgan fingerprint density at radius 3 is 2.05 bits per heavy atom. The third kappa shape index (κ3) is 4.05. The van der Waals surface area contributed by atoms with Crippen LogP contribution in [0.1, 0.15) is 20.3 Å². The summed E-state index contributed by atoms with van der Waals surface area (Å²) in [5.41, 5.74) is -0.808. The zero-order chi connectivity index (χ0) is 14.4. The fourth-order valence-electron chi connectivity index (χ4n) is 1.73. The van der Waals surface area contributed by atoms with Crippen LogP contribution in [0.15, 0.2) is 0 Å². The zero-order valence-corrected chi connectivity index (χ0v) is 10.9. The van der Waals surface area contributed by atoms with Crippen LogP contribution in [0.3, 0.4) is 0 Å². The number of nitrogens with one attached hydrogen (secondary N) is 1. The highest BCUT2D eigenvalue weighted by Gasteiger charge is 2.20. The molecule has 0 aliphatic heterocycles. The van der Waals surface area contributed by atoms with Crippen molar-refractivity contribution >= 4 is 5.69 Å². The second-order valence-corrected chi connectivity index (χ2v) is 4.06. The van der Waals surface area contributed by atoms with Gasteiger partial charge in [-0.2, -0.15) is 22.5 Å². The first kappa shape index (κ1) is 15.7. The van der Waals surface area contributed by atoms with Crippen LogP contribution in [0.4, 0.5) is 23.2 Å². The van der Waals surface area contributed by atoms with Crippen molar-refractivity contribution in [3.8, 4) is 0 Å². The minimum atomic E-state index is -1.65. The van der Waals surface area contributed by atoms with Crippen LogP contribution in [0.5, 0.6) is 0 Å². The highest BCUT2D eigenvalue weighted by atomic mass is 19.2. The number of aromatic nitrogens is 1. The Kier molecular flexibility index (Phi) is 6.01. The lowest BCUT2D eigenvalue weighted by Gasteiger charge is -2.20. The molecule has 0 aliphatic rings. The van der Waals surface area contributed by atoms with Gasteiger partial charge in [-0.15, -0.1) is 0 Å². The summed E-state index contributed by atoms with van der Waals surface area (Å²) in [7, 11) is 0. The Morgan fingerprint density at radius 2 is 1.58 bits per heavy atom. The van der Waals surface area contributed by atoms with E-state index in [1.54, 1.807) is 0 Å². The second kappa shape index (κ2) is 7.28. The van der Waals surface area contributed by atoms with Crippen molar-refractivity contribution in [2.45, 2.75) is 20.3 Å². The van der Waals surface area contributed by atoms with E-state index < -0.39 is 29.2 Å². The maximum Gasteiger partial charge on any atom is 0.253 e. The van der Waals surface area contributed by atoms with E-state index in [-0.39, 0.29) is 6.54 Å². The van der Waals surface area contributed by atoms with Gasteiger partial charge in [0.1, 0.15) is 5.69 Å². The van der Waals surface area contributed by atoms with E-state index in [1.165, 1.54) is 0 Å². The summed E-state index contributed by atoms with van der Waals surface area (Å²) in [6.07, 6.45) is 0.953. The topological polar surface area (TPSA) is 28.2 Å². The molecule has 108 valence electrons. The van der Waals surface area contributed by atoms with Crippen molar-refractivity contribution in [2.24, 2.45) is 0 Å². The van der Waals surface area contributed by atoms with Crippen LogP contribution < -0.4 is 5.32 Å². The molecule has 0 aliphatic carbocycles. The molecule has 0 bridgehead atoms. The summed E-state index contributed by atoms with van der Waals surface area (Å²) < 4.78 is 52.3. The number of hydrogen-bond acceptors (Lipinski definition) is 3. The molecule has 0 spiro atoms. The van der Waals surface area contributed by atoms with E-state index in [2.05, 4.69) is 15.2 Å². The van der Waals surface area contributed by atoms with E-state index in [1.807, 2.05) is 13.8 Å². The van der Waals surface area contributed by atoms with Crippen LogP contribution in [-0.2, 0) is 0 Å². The molecule has 1 rings (SSSR count). The molecule has 0 aromatic carbocycles. The Bertz CT molecular complexity index is 400. The summed E-state index contributed by atoms with van der Waals surface area (Å²) in [6.45, 7) is 6.33. The number of pyridine rings is 1. The van der Waals surface area contributed by atoms with Crippen molar-refractivity contribution in [3.63, 3.8) is 0 Å². The number of rotatable bonds is 7. The quantitative estimate of drug-likeness (QED) is 0.614. The maximum absolute atomic E-state index is 13.3. The van der Waals surface area contributed by atoms with Gasteiger partial charge in [0.25, 0.3) is 11.9 Å². The maximum atomic E-state index is 13.3. The number of hydrogen-bond donors (Lipinski definition) is 1. The van der Waals surface area contributed by atoms with Gasteiger partial charge >= 0.3 is 0 Å². The Morgan fingerprint density at radius 1 is 1.00 bits per heavy atom. The molecule has 0 fully saturated rings. The van der Waals surface area contributed by atoms with E-state index in [4.69, 9.17) is 0 Å². The van der Waals surface area contributed by atoms with Gasteiger partial charge in [-0.1, -0.05) is 13.8 Å². The van der Waals surface area contributed by atoms with Gasteiger partial charge in [0.15, 0.2) is 0 Å². The first-order valence-electron chi connectivity index (χ1n) is 6.17. The average Bonchev–Trinajstić information content (AvgIpc) is 2.39. The fourth-order valence-corrected chi connectivity index (χ4v) is 1.73. The number of nitrogens with zero attached hydrogens (tertiary/aromatic N) is 2. The predicted octanol–water partition coefficient (Wildman–Crippen LogP) is 2.78. The molecule has 0 radical (unpaired) electrons. The van der Waals surface area contributed by atoms with Crippen molar-refractivity contribution in [1.82, 2.24) is 9.88 Å². The molecule has 0 amide bonds. The fraction of sp³-hybridized carbons (Fsp3) is 0.583. The van der Waals surface area contributed by atoms with Crippen LogP contribution in [0, 0.1) is 23.5 Å². The standard InChI is InChI=1S/C12H17F4N3/c1-3-6-19(4-2)7-5-17-10-8(13)11(15)18-12(16)9(10)14/h3-7H2,1-2H3,(H,17,18). The van der Waals surface area contributed by atoms with Gasteiger partial charge < -0.3 is 10.2 Å². The highest BCUT2D eigenvalue weighted by molar-refractivity contribution is 5.45. The Balaban J connectivity index is 2.68. The van der Waals surface area contributed by atoms with Crippen LogP contribution >= 0.6 is 0 Å². The SMILES string of the molecule is CCCN(CC)CCNc1c(F)c(F)nc(F)c1F. The normalized spacial score (nSPS) is 11.1. The third-order valence-corrected chi connectivity index (χ3v) is 2.71.